The molecule has 14 nitrogen and oxygen atoms in total. The summed E-state index contributed by atoms with van der Waals surface area (Å²) in [6.45, 7) is 8.47. The standard InChI is InChI=1S/C22H42N8O6/c1-11(2)9-14(23)19(33)27-10-16(31)30-17(12(3)4)20(34)28-13(5)18(32)29-15(21(35)36)7-6-8-26-22(24)25/h11-15,17H,6-10,23H2,1-5H3,(H,27,33)(H,28,34)(H,29,32)(H,30,31)(H,35,36)(H4,24,25,26)/t13-,14-,15-,17-/m0/s1. The van der Waals surface area contributed by atoms with E-state index in [-0.39, 0.29) is 37.3 Å². The lowest BCUT2D eigenvalue weighted by Crippen LogP contribution is -2.57. The molecule has 0 aromatic heterocycles. The molecule has 206 valence electrons. The maximum absolute atomic E-state index is 12.7. The zero-order valence-electron chi connectivity index (χ0n) is 21.7. The molecule has 0 aliphatic heterocycles. The van der Waals surface area contributed by atoms with Crippen LogP contribution in [0.2, 0.25) is 0 Å². The average molecular weight is 515 g/mol. The van der Waals surface area contributed by atoms with Crippen LogP contribution in [0.5, 0.6) is 0 Å². The lowest BCUT2D eigenvalue weighted by atomic mass is 10.0. The van der Waals surface area contributed by atoms with Crippen molar-refractivity contribution < 1.29 is 29.1 Å². The molecule has 0 aromatic carbocycles. The number of carbonyl (C=O) groups is 5. The fourth-order valence-electron chi connectivity index (χ4n) is 3.10. The summed E-state index contributed by atoms with van der Waals surface area (Å²) >= 11 is 0. The molecule has 0 heterocycles. The van der Waals surface area contributed by atoms with Gasteiger partial charge in [0.25, 0.3) is 0 Å². The lowest BCUT2D eigenvalue weighted by molar-refractivity contribution is -0.142. The maximum Gasteiger partial charge on any atom is 0.326 e. The molecule has 4 atom stereocenters. The number of nitrogens with two attached hydrogens (primary N) is 3. The van der Waals surface area contributed by atoms with Gasteiger partial charge in [0, 0.05) is 6.54 Å². The predicted octanol–water partition coefficient (Wildman–Crippen LogP) is -2.26. The molecular weight excluding hydrogens is 472 g/mol. The highest BCUT2D eigenvalue weighted by Crippen LogP contribution is 2.05. The highest BCUT2D eigenvalue weighted by molar-refractivity contribution is 5.94. The summed E-state index contributed by atoms with van der Waals surface area (Å²) in [4.78, 5) is 64.7. The first-order chi connectivity index (χ1) is 16.6. The third-order valence-electron chi connectivity index (χ3n) is 5.06. The van der Waals surface area contributed by atoms with Crippen molar-refractivity contribution in [3.8, 4) is 0 Å². The van der Waals surface area contributed by atoms with E-state index in [1.54, 1.807) is 13.8 Å². The second-order valence-corrected chi connectivity index (χ2v) is 9.32. The Kier molecular flexibility index (Phi) is 14.7. The summed E-state index contributed by atoms with van der Waals surface area (Å²) in [5.41, 5.74) is 16.2. The Hall–Kier alpha value is -3.42. The number of nitrogens with one attached hydrogen (secondary N) is 4. The van der Waals surface area contributed by atoms with Gasteiger partial charge in [0.2, 0.25) is 23.6 Å². The van der Waals surface area contributed by atoms with Crippen molar-refractivity contribution >= 4 is 35.6 Å². The van der Waals surface area contributed by atoms with Crippen molar-refractivity contribution in [2.75, 3.05) is 13.1 Å². The van der Waals surface area contributed by atoms with Crippen molar-refractivity contribution in [2.45, 2.75) is 78.0 Å². The van der Waals surface area contributed by atoms with Gasteiger partial charge >= 0.3 is 5.97 Å². The van der Waals surface area contributed by atoms with Crippen LogP contribution in [0, 0.1) is 11.8 Å². The molecule has 36 heavy (non-hydrogen) atoms. The molecular formula is C22H42N8O6. The molecule has 0 saturated carbocycles. The Labute approximate surface area is 211 Å². The minimum atomic E-state index is -1.24. The minimum Gasteiger partial charge on any atom is -0.480 e. The third kappa shape index (κ3) is 13.5. The van der Waals surface area contributed by atoms with E-state index in [1.807, 2.05) is 13.8 Å². The van der Waals surface area contributed by atoms with E-state index < -0.39 is 53.8 Å². The Balaban J connectivity index is 4.88. The van der Waals surface area contributed by atoms with Crippen LogP contribution < -0.4 is 38.5 Å². The van der Waals surface area contributed by atoms with Gasteiger partial charge in [-0.05, 0) is 38.0 Å². The number of hydrogen-bond acceptors (Lipinski definition) is 7. The quantitative estimate of drug-likeness (QED) is 0.0628. The van der Waals surface area contributed by atoms with Crippen molar-refractivity contribution in [3.63, 3.8) is 0 Å². The van der Waals surface area contributed by atoms with Gasteiger partial charge in [-0.25, -0.2) is 4.79 Å². The monoisotopic (exact) mass is 514 g/mol. The van der Waals surface area contributed by atoms with Crippen molar-refractivity contribution in [2.24, 2.45) is 34.0 Å². The molecule has 0 bridgehead atoms. The number of carbonyl (C=O) groups excluding carboxylic acids is 4. The first kappa shape index (κ1) is 32.6. The van der Waals surface area contributed by atoms with Crippen LogP contribution in [0.15, 0.2) is 4.99 Å². The first-order valence-corrected chi connectivity index (χ1v) is 11.9. The third-order valence-corrected chi connectivity index (χ3v) is 5.06. The summed E-state index contributed by atoms with van der Waals surface area (Å²) in [6, 6.07) is -4.02. The molecule has 0 unspecified atom stereocenters. The first-order valence-electron chi connectivity index (χ1n) is 11.9. The van der Waals surface area contributed by atoms with E-state index in [0.717, 1.165) is 0 Å². The van der Waals surface area contributed by atoms with Gasteiger partial charge < -0.3 is 43.6 Å². The van der Waals surface area contributed by atoms with Crippen LogP contribution in [0.25, 0.3) is 0 Å². The Morgan fingerprint density at radius 2 is 1.50 bits per heavy atom. The van der Waals surface area contributed by atoms with E-state index in [2.05, 4.69) is 26.3 Å². The van der Waals surface area contributed by atoms with Crippen molar-refractivity contribution in [3.05, 3.63) is 0 Å². The average Bonchev–Trinajstić information content (AvgIpc) is 2.76. The maximum atomic E-state index is 12.7. The number of carboxylic acids is 1. The van der Waals surface area contributed by atoms with Gasteiger partial charge in [0.05, 0.1) is 12.6 Å². The largest absolute Gasteiger partial charge is 0.480 e. The van der Waals surface area contributed by atoms with Crippen LogP contribution in [-0.4, -0.2) is 77.9 Å². The van der Waals surface area contributed by atoms with Gasteiger partial charge in [0.1, 0.15) is 18.1 Å². The number of aliphatic carboxylic acids is 1. The summed E-state index contributed by atoms with van der Waals surface area (Å²) in [5, 5.41) is 19.2. The topological polar surface area (TPSA) is 244 Å². The van der Waals surface area contributed by atoms with Crippen LogP contribution in [0.3, 0.4) is 0 Å². The number of guanidine groups is 1. The zero-order chi connectivity index (χ0) is 28.0. The summed E-state index contributed by atoms with van der Waals surface area (Å²) in [7, 11) is 0. The van der Waals surface area contributed by atoms with Crippen LogP contribution in [0.4, 0.5) is 0 Å². The predicted molar refractivity (Wildman–Crippen MR) is 134 cm³/mol. The highest BCUT2D eigenvalue weighted by Gasteiger charge is 2.29. The fraction of sp³-hybridized carbons (Fsp3) is 0.727. The van der Waals surface area contributed by atoms with E-state index >= 15 is 0 Å². The second kappa shape index (κ2) is 16.3. The number of nitrogens with zero attached hydrogens (tertiary/aromatic N) is 1. The van der Waals surface area contributed by atoms with Gasteiger partial charge in [-0.15, -0.1) is 0 Å². The second-order valence-electron chi connectivity index (χ2n) is 9.32. The van der Waals surface area contributed by atoms with Gasteiger partial charge in [-0.1, -0.05) is 27.7 Å². The molecule has 0 aliphatic rings. The summed E-state index contributed by atoms with van der Waals surface area (Å²) in [5.74, 6) is -3.91. The molecule has 0 spiro atoms. The number of aliphatic imine (C=N–C) groups is 1. The molecule has 4 amide bonds. The minimum absolute atomic E-state index is 0.0791. The summed E-state index contributed by atoms with van der Waals surface area (Å²) in [6.07, 6.45) is 0.857. The molecule has 0 saturated heterocycles. The van der Waals surface area contributed by atoms with Gasteiger partial charge in [0.15, 0.2) is 5.96 Å². The Morgan fingerprint density at radius 1 is 0.889 bits per heavy atom. The molecule has 0 radical (unpaired) electrons. The van der Waals surface area contributed by atoms with E-state index in [0.29, 0.717) is 12.8 Å². The van der Waals surface area contributed by atoms with Crippen molar-refractivity contribution in [1.29, 1.82) is 0 Å². The number of amides is 4. The van der Waals surface area contributed by atoms with Crippen LogP contribution in [-0.2, 0) is 24.0 Å². The normalized spacial score (nSPS) is 14.2. The summed E-state index contributed by atoms with van der Waals surface area (Å²) < 4.78 is 0. The smallest absolute Gasteiger partial charge is 0.326 e. The SMILES string of the molecule is CC(C)C[C@H](N)C(=O)NCC(=O)N[C@H](C(=O)N[C@@H](C)C(=O)N[C@@H](CCCN=C(N)N)C(=O)O)C(C)C. The van der Waals surface area contributed by atoms with E-state index in [4.69, 9.17) is 17.2 Å². The molecule has 11 N–H and O–H groups in total. The Bertz CT molecular complexity index is 797. The van der Waals surface area contributed by atoms with Crippen molar-refractivity contribution in [1.82, 2.24) is 21.3 Å². The molecule has 0 aromatic rings. The Morgan fingerprint density at radius 3 is 2.00 bits per heavy atom. The van der Waals surface area contributed by atoms with Gasteiger partial charge in [-0.2, -0.15) is 0 Å². The van der Waals surface area contributed by atoms with Crippen LogP contribution in [0.1, 0.15) is 53.9 Å². The lowest BCUT2D eigenvalue weighted by Gasteiger charge is -2.24. The molecule has 0 fully saturated rings. The highest BCUT2D eigenvalue weighted by atomic mass is 16.4. The van der Waals surface area contributed by atoms with Crippen LogP contribution >= 0.6 is 0 Å². The number of rotatable bonds is 16. The molecule has 14 heteroatoms. The van der Waals surface area contributed by atoms with E-state index in [9.17, 15) is 29.1 Å². The number of carboxylic acid groups (broad SMARTS) is 1. The number of hydrogen-bond donors (Lipinski definition) is 8. The fourth-order valence-corrected chi connectivity index (χ4v) is 3.10. The molecule has 0 rings (SSSR count). The van der Waals surface area contributed by atoms with E-state index in [1.165, 1.54) is 6.92 Å². The molecule has 0 aliphatic carbocycles. The van der Waals surface area contributed by atoms with Gasteiger partial charge in [-0.3, -0.25) is 24.2 Å². The zero-order valence-corrected chi connectivity index (χ0v) is 21.7.